The summed E-state index contributed by atoms with van der Waals surface area (Å²) in [5, 5.41) is 0.251. The minimum Gasteiger partial charge on any atom is -0.467 e. The third-order valence-electron chi connectivity index (χ3n) is 2.70. The molecule has 0 aromatic rings. The summed E-state index contributed by atoms with van der Waals surface area (Å²) >= 11 is 1.65. The Kier molecular flexibility index (Phi) is 4.90. The van der Waals surface area contributed by atoms with E-state index in [1.54, 1.807) is 32.5 Å². The lowest BCUT2D eigenvalue weighted by Crippen LogP contribution is -2.43. The van der Waals surface area contributed by atoms with E-state index < -0.39 is 17.7 Å². The Hall–Kier alpha value is -0.910. The standard InChI is InChI=1S/C12H21NO4S/c1-12(2,3)17-11(15)13-7-8(18-5)6-9(13)10(14)16-4/h8-9H,6-7H2,1-5H3/t8?,9-/m0/s1. The molecule has 1 aliphatic rings. The number of rotatable bonds is 2. The number of thioether (sulfide) groups is 1. The molecule has 6 heteroatoms. The second-order valence-electron chi connectivity index (χ2n) is 5.27. The smallest absolute Gasteiger partial charge is 0.411 e. The van der Waals surface area contributed by atoms with E-state index in [9.17, 15) is 9.59 Å². The maximum Gasteiger partial charge on any atom is 0.411 e. The highest BCUT2D eigenvalue weighted by Crippen LogP contribution is 2.28. The van der Waals surface area contributed by atoms with Gasteiger partial charge in [0.2, 0.25) is 0 Å². The Labute approximate surface area is 112 Å². The van der Waals surface area contributed by atoms with E-state index in [4.69, 9.17) is 9.47 Å². The Bertz CT molecular complexity index is 327. The van der Waals surface area contributed by atoms with Gasteiger partial charge in [-0.3, -0.25) is 4.90 Å². The predicted octanol–water partition coefficient (Wildman–Crippen LogP) is 1.90. The monoisotopic (exact) mass is 275 g/mol. The minimum absolute atomic E-state index is 0.251. The maximum atomic E-state index is 12.0. The number of nitrogens with zero attached hydrogens (tertiary/aromatic N) is 1. The van der Waals surface area contributed by atoms with Crippen LogP contribution in [0.4, 0.5) is 4.79 Å². The first kappa shape index (κ1) is 15.1. The number of carbonyl (C=O) groups excluding carboxylic acids is 2. The SMILES string of the molecule is COC(=O)[C@@H]1CC(SC)CN1C(=O)OC(C)(C)C. The Morgan fingerprint density at radius 1 is 1.33 bits per heavy atom. The molecule has 1 fully saturated rings. The van der Waals surface area contributed by atoms with Crippen LogP contribution in [0.5, 0.6) is 0 Å². The predicted molar refractivity (Wildman–Crippen MR) is 70.7 cm³/mol. The van der Waals surface area contributed by atoms with E-state index in [1.165, 1.54) is 12.0 Å². The Morgan fingerprint density at radius 3 is 2.39 bits per heavy atom. The number of hydrogen-bond acceptors (Lipinski definition) is 5. The van der Waals surface area contributed by atoms with Gasteiger partial charge in [-0.2, -0.15) is 11.8 Å². The molecule has 0 radical (unpaired) electrons. The van der Waals surface area contributed by atoms with Gasteiger partial charge >= 0.3 is 12.1 Å². The molecule has 0 N–H and O–H groups in total. The van der Waals surface area contributed by atoms with Crippen LogP contribution in [0.1, 0.15) is 27.2 Å². The largest absolute Gasteiger partial charge is 0.467 e. The topological polar surface area (TPSA) is 55.8 Å². The fraction of sp³-hybridized carbons (Fsp3) is 0.833. The van der Waals surface area contributed by atoms with E-state index in [1.807, 2.05) is 6.26 Å². The zero-order valence-corrected chi connectivity index (χ0v) is 12.4. The summed E-state index contributed by atoms with van der Waals surface area (Å²) in [4.78, 5) is 25.2. The molecule has 1 unspecified atom stereocenters. The lowest BCUT2D eigenvalue weighted by Gasteiger charge is -2.27. The van der Waals surface area contributed by atoms with Crippen molar-refractivity contribution in [1.29, 1.82) is 0 Å². The van der Waals surface area contributed by atoms with Crippen LogP contribution in [-0.2, 0) is 14.3 Å². The number of esters is 1. The Balaban J connectivity index is 2.77. The molecule has 1 amide bonds. The van der Waals surface area contributed by atoms with Crippen molar-refractivity contribution in [3.05, 3.63) is 0 Å². The van der Waals surface area contributed by atoms with Crippen LogP contribution in [0.2, 0.25) is 0 Å². The first-order valence-corrected chi connectivity index (χ1v) is 7.17. The van der Waals surface area contributed by atoms with Gasteiger partial charge in [0, 0.05) is 11.8 Å². The zero-order chi connectivity index (χ0) is 13.9. The van der Waals surface area contributed by atoms with Crippen LogP contribution in [-0.4, -0.2) is 53.8 Å². The molecule has 0 aromatic carbocycles. The van der Waals surface area contributed by atoms with Gasteiger partial charge in [-0.05, 0) is 33.4 Å². The second-order valence-corrected chi connectivity index (χ2v) is 6.40. The third-order valence-corrected chi connectivity index (χ3v) is 3.71. The number of ether oxygens (including phenoxy) is 2. The van der Waals surface area contributed by atoms with Crippen LogP contribution in [0.25, 0.3) is 0 Å². The molecule has 0 spiro atoms. The first-order valence-electron chi connectivity index (χ1n) is 5.88. The van der Waals surface area contributed by atoms with Gasteiger partial charge < -0.3 is 9.47 Å². The highest BCUT2D eigenvalue weighted by atomic mass is 32.2. The average Bonchev–Trinajstić information content (AvgIpc) is 2.69. The fourth-order valence-corrected chi connectivity index (χ4v) is 2.53. The summed E-state index contributed by atoms with van der Waals surface area (Å²) in [6, 6.07) is -0.526. The van der Waals surface area contributed by atoms with E-state index in [2.05, 4.69) is 0 Å². The highest BCUT2D eigenvalue weighted by Gasteiger charge is 2.41. The fourth-order valence-electron chi connectivity index (χ4n) is 1.85. The minimum atomic E-state index is -0.560. The zero-order valence-electron chi connectivity index (χ0n) is 11.6. The Morgan fingerprint density at radius 2 is 1.94 bits per heavy atom. The summed E-state index contributed by atoms with van der Waals surface area (Å²) in [5.41, 5.74) is -0.560. The second kappa shape index (κ2) is 5.82. The van der Waals surface area contributed by atoms with Gasteiger partial charge in [-0.25, -0.2) is 9.59 Å². The molecular weight excluding hydrogens is 254 g/mol. The molecule has 0 aromatic heterocycles. The number of amides is 1. The van der Waals surface area contributed by atoms with Crippen LogP contribution in [0, 0.1) is 0 Å². The van der Waals surface area contributed by atoms with Crippen LogP contribution < -0.4 is 0 Å². The van der Waals surface area contributed by atoms with Gasteiger partial charge in [-0.15, -0.1) is 0 Å². The van der Waals surface area contributed by atoms with Crippen LogP contribution in [0.15, 0.2) is 0 Å². The molecule has 2 atom stereocenters. The summed E-state index contributed by atoms with van der Waals surface area (Å²) in [7, 11) is 1.34. The molecule has 1 heterocycles. The number of likely N-dealkylation sites (tertiary alicyclic amines) is 1. The average molecular weight is 275 g/mol. The van der Waals surface area contributed by atoms with Gasteiger partial charge in [0.05, 0.1) is 7.11 Å². The molecule has 0 aliphatic carbocycles. The molecule has 18 heavy (non-hydrogen) atoms. The normalized spacial score (nSPS) is 23.9. The van der Waals surface area contributed by atoms with Crippen LogP contribution in [0.3, 0.4) is 0 Å². The highest BCUT2D eigenvalue weighted by molar-refractivity contribution is 7.99. The van der Waals surface area contributed by atoms with E-state index >= 15 is 0 Å². The quantitative estimate of drug-likeness (QED) is 0.720. The summed E-state index contributed by atoms with van der Waals surface area (Å²) in [6.07, 6.45) is 2.14. The number of hydrogen-bond donors (Lipinski definition) is 0. The molecule has 1 aliphatic heterocycles. The third kappa shape index (κ3) is 3.80. The lowest BCUT2D eigenvalue weighted by atomic mass is 10.2. The number of methoxy groups -OCH3 is 1. The summed E-state index contributed by atoms with van der Waals surface area (Å²) in [6.45, 7) is 5.94. The van der Waals surface area contributed by atoms with E-state index in [0.717, 1.165) is 0 Å². The molecule has 0 bridgehead atoms. The van der Waals surface area contributed by atoms with E-state index in [-0.39, 0.29) is 11.2 Å². The molecule has 0 saturated carbocycles. The summed E-state index contributed by atoms with van der Waals surface area (Å²) in [5.74, 6) is -0.377. The van der Waals surface area contributed by atoms with Crippen molar-refractivity contribution in [2.75, 3.05) is 19.9 Å². The molecule has 1 rings (SSSR count). The molecule has 104 valence electrons. The van der Waals surface area contributed by atoms with Crippen molar-refractivity contribution < 1.29 is 19.1 Å². The van der Waals surface area contributed by atoms with Gasteiger partial charge in [0.15, 0.2) is 0 Å². The maximum absolute atomic E-state index is 12.0. The number of carbonyl (C=O) groups is 2. The first-order chi connectivity index (χ1) is 8.28. The van der Waals surface area contributed by atoms with Crippen molar-refractivity contribution in [3.8, 4) is 0 Å². The van der Waals surface area contributed by atoms with Crippen molar-refractivity contribution >= 4 is 23.8 Å². The van der Waals surface area contributed by atoms with Crippen LogP contribution >= 0.6 is 11.8 Å². The van der Waals surface area contributed by atoms with Gasteiger partial charge in [0.25, 0.3) is 0 Å². The van der Waals surface area contributed by atoms with Crippen molar-refractivity contribution in [2.24, 2.45) is 0 Å². The van der Waals surface area contributed by atoms with Crippen molar-refractivity contribution in [3.63, 3.8) is 0 Å². The van der Waals surface area contributed by atoms with Gasteiger partial charge in [0.1, 0.15) is 11.6 Å². The summed E-state index contributed by atoms with van der Waals surface area (Å²) < 4.78 is 10.0. The van der Waals surface area contributed by atoms with Crippen molar-refractivity contribution in [1.82, 2.24) is 4.90 Å². The van der Waals surface area contributed by atoms with Crippen molar-refractivity contribution in [2.45, 2.75) is 44.1 Å². The van der Waals surface area contributed by atoms with E-state index in [0.29, 0.717) is 13.0 Å². The molecule has 1 saturated heterocycles. The van der Waals surface area contributed by atoms with Gasteiger partial charge in [-0.1, -0.05) is 0 Å². The lowest BCUT2D eigenvalue weighted by molar-refractivity contribution is -0.145. The molecule has 5 nitrogen and oxygen atoms in total. The molecular formula is C12H21NO4S.